The molecule has 2 aromatic carbocycles. The molecule has 0 aliphatic carbocycles. The number of aryl methyl sites for hydroxylation is 1. The zero-order valence-electron chi connectivity index (χ0n) is 17.3. The van der Waals surface area contributed by atoms with Crippen LogP contribution in [0.15, 0.2) is 47.4 Å². The summed E-state index contributed by atoms with van der Waals surface area (Å²) in [7, 11) is -4.44. The van der Waals surface area contributed by atoms with Crippen LogP contribution in [0.25, 0.3) is 0 Å². The predicted octanol–water partition coefficient (Wildman–Crippen LogP) is 1.44. The van der Waals surface area contributed by atoms with Crippen LogP contribution in [0.5, 0.6) is 0 Å². The lowest BCUT2D eigenvalue weighted by molar-refractivity contribution is -0.140. The number of nitrogens with one attached hydrogen (secondary N) is 2. The number of ether oxygens (including phenoxy) is 1. The van der Waals surface area contributed by atoms with Gasteiger partial charge in [0.1, 0.15) is 22.8 Å². The van der Waals surface area contributed by atoms with Gasteiger partial charge in [0.05, 0.1) is 13.2 Å². The quantitative estimate of drug-likeness (QED) is 0.626. The van der Waals surface area contributed by atoms with Gasteiger partial charge in [0, 0.05) is 13.1 Å². The Labute approximate surface area is 184 Å². The molecule has 1 aliphatic rings. The van der Waals surface area contributed by atoms with Crippen LogP contribution in [-0.4, -0.2) is 50.5 Å². The standard InChI is InChI=1S/C21H23F2N3O5S/c1-14-3-5-15(6-4-14)12-24-20(27)21(28)25-13-19-26(9-2-10-31-19)32(29,30)18-11-16(22)7-8-17(18)23/h3-8,11,19H,2,9-10,12-13H2,1H3,(H,24,27)(H,25,28)/t19-/m1/s1. The highest BCUT2D eigenvalue weighted by Crippen LogP contribution is 2.24. The fourth-order valence-electron chi connectivity index (χ4n) is 3.13. The zero-order chi connectivity index (χ0) is 23.3. The third-order valence-electron chi connectivity index (χ3n) is 4.85. The molecule has 2 aromatic rings. The zero-order valence-corrected chi connectivity index (χ0v) is 18.1. The van der Waals surface area contributed by atoms with Crippen LogP contribution in [0.2, 0.25) is 0 Å². The predicted molar refractivity (Wildman–Crippen MR) is 111 cm³/mol. The Kier molecular flexibility index (Phi) is 7.54. The van der Waals surface area contributed by atoms with Gasteiger partial charge in [0.2, 0.25) is 10.0 Å². The fraction of sp³-hybridized carbons (Fsp3) is 0.333. The molecule has 1 aliphatic heterocycles. The van der Waals surface area contributed by atoms with E-state index in [9.17, 15) is 26.8 Å². The van der Waals surface area contributed by atoms with E-state index >= 15 is 0 Å². The summed E-state index contributed by atoms with van der Waals surface area (Å²) in [6, 6.07) is 9.51. The van der Waals surface area contributed by atoms with Crippen molar-refractivity contribution in [2.45, 2.75) is 31.0 Å². The van der Waals surface area contributed by atoms with Crippen LogP contribution in [0.3, 0.4) is 0 Å². The highest BCUT2D eigenvalue weighted by atomic mass is 32.2. The van der Waals surface area contributed by atoms with E-state index in [0.717, 1.165) is 27.6 Å². The molecule has 1 fully saturated rings. The summed E-state index contributed by atoms with van der Waals surface area (Å²) in [6.45, 7) is 1.92. The van der Waals surface area contributed by atoms with Crippen molar-refractivity contribution in [1.82, 2.24) is 14.9 Å². The molecule has 0 spiro atoms. The first-order valence-electron chi connectivity index (χ1n) is 9.88. The molecular formula is C21H23F2N3O5S. The van der Waals surface area contributed by atoms with Crippen molar-refractivity contribution in [3.05, 3.63) is 65.2 Å². The Morgan fingerprint density at radius 1 is 1.09 bits per heavy atom. The maximum Gasteiger partial charge on any atom is 0.309 e. The number of hydrogen-bond donors (Lipinski definition) is 2. The maximum atomic E-state index is 14.1. The highest BCUT2D eigenvalue weighted by molar-refractivity contribution is 7.89. The van der Waals surface area contributed by atoms with Gasteiger partial charge >= 0.3 is 11.8 Å². The van der Waals surface area contributed by atoms with Gasteiger partial charge in [-0.25, -0.2) is 17.2 Å². The lowest BCUT2D eigenvalue weighted by Gasteiger charge is -2.34. The molecule has 0 unspecified atom stereocenters. The summed E-state index contributed by atoms with van der Waals surface area (Å²) in [5.74, 6) is -3.87. The van der Waals surface area contributed by atoms with Crippen LogP contribution in [-0.2, 0) is 30.9 Å². The van der Waals surface area contributed by atoms with Gasteiger partial charge in [-0.1, -0.05) is 29.8 Å². The van der Waals surface area contributed by atoms with E-state index in [0.29, 0.717) is 12.5 Å². The first-order valence-corrected chi connectivity index (χ1v) is 11.3. The van der Waals surface area contributed by atoms with Gasteiger partial charge < -0.3 is 15.4 Å². The minimum absolute atomic E-state index is 0.0154. The average molecular weight is 467 g/mol. The fourth-order valence-corrected chi connectivity index (χ4v) is 4.78. The van der Waals surface area contributed by atoms with Crippen molar-refractivity contribution in [2.24, 2.45) is 0 Å². The topological polar surface area (TPSA) is 105 Å². The van der Waals surface area contributed by atoms with Crippen LogP contribution in [0.4, 0.5) is 8.78 Å². The summed E-state index contributed by atoms with van der Waals surface area (Å²) in [5, 5.41) is 4.80. The molecule has 1 heterocycles. The molecule has 8 nitrogen and oxygen atoms in total. The number of halogens is 2. The van der Waals surface area contributed by atoms with Crippen LogP contribution >= 0.6 is 0 Å². The van der Waals surface area contributed by atoms with Crippen molar-refractivity contribution >= 4 is 21.8 Å². The molecule has 2 amide bonds. The Balaban J connectivity index is 1.62. The molecule has 0 saturated carbocycles. The number of nitrogens with zero attached hydrogens (tertiary/aromatic N) is 1. The van der Waals surface area contributed by atoms with Crippen LogP contribution < -0.4 is 10.6 Å². The van der Waals surface area contributed by atoms with Crippen molar-refractivity contribution in [2.75, 3.05) is 19.7 Å². The van der Waals surface area contributed by atoms with E-state index in [-0.39, 0.29) is 26.2 Å². The van der Waals surface area contributed by atoms with Crippen molar-refractivity contribution in [3.63, 3.8) is 0 Å². The van der Waals surface area contributed by atoms with Gasteiger partial charge in [0.15, 0.2) is 0 Å². The summed E-state index contributed by atoms with van der Waals surface area (Å²) < 4.78 is 59.6. The van der Waals surface area contributed by atoms with Crippen LogP contribution in [0, 0.1) is 18.6 Å². The monoisotopic (exact) mass is 467 g/mol. The second-order valence-electron chi connectivity index (χ2n) is 7.25. The van der Waals surface area contributed by atoms with Crippen LogP contribution in [0.1, 0.15) is 17.5 Å². The van der Waals surface area contributed by atoms with E-state index in [1.54, 1.807) is 0 Å². The van der Waals surface area contributed by atoms with E-state index in [2.05, 4.69) is 10.6 Å². The highest BCUT2D eigenvalue weighted by Gasteiger charge is 2.36. The van der Waals surface area contributed by atoms with E-state index in [4.69, 9.17) is 4.74 Å². The van der Waals surface area contributed by atoms with E-state index in [1.807, 2.05) is 31.2 Å². The van der Waals surface area contributed by atoms with Gasteiger partial charge in [-0.15, -0.1) is 0 Å². The summed E-state index contributed by atoms with van der Waals surface area (Å²) >= 11 is 0. The molecule has 11 heteroatoms. The third kappa shape index (κ3) is 5.67. The molecule has 0 aromatic heterocycles. The van der Waals surface area contributed by atoms with Gasteiger partial charge in [-0.05, 0) is 37.1 Å². The molecule has 2 N–H and O–H groups in total. The maximum absolute atomic E-state index is 14.1. The number of hydrogen-bond acceptors (Lipinski definition) is 5. The summed E-state index contributed by atoms with van der Waals surface area (Å²) in [5.41, 5.74) is 1.87. The van der Waals surface area contributed by atoms with Gasteiger partial charge in [-0.2, -0.15) is 4.31 Å². The van der Waals surface area contributed by atoms with Crippen molar-refractivity contribution < 1.29 is 31.5 Å². The SMILES string of the molecule is Cc1ccc(CNC(=O)C(=O)NC[C@H]2OCCCN2S(=O)(=O)c2cc(F)ccc2F)cc1. The molecule has 0 bridgehead atoms. The molecule has 1 saturated heterocycles. The number of carbonyl (C=O) groups is 2. The van der Waals surface area contributed by atoms with Gasteiger partial charge in [-0.3, -0.25) is 9.59 Å². The Hall–Kier alpha value is -2.89. The second-order valence-corrected chi connectivity index (χ2v) is 9.11. The van der Waals surface area contributed by atoms with Gasteiger partial charge in [0.25, 0.3) is 0 Å². The minimum atomic E-state index is -4.44. The number of amides is 2. The van der Waals surface area contributed by atoms with Crippen molar-refractivity contribution in [1.29, 1.82) is 0 Å². The van der Waals surface area contributed by atoms with Crippen molar-refractivity contribution in [3.8, 4) is 0 Å². The number of sulfonamides is 1. The molecule has 32 heavy (non-hydrogen) atoms. The second kappa shape index (κ2) is 10.2. The smallest absolute Gasteiger partial charge is 0.309 e. The third-order valence-corrected chi connectivity index (χ3v) is 6.76. The number of carbonyl (C=O) groups excluding carboxylic acids is 2. The number of benzene rings is 2. The Bertz CT molecular complexity index is 1090. The first kappa shape index (κ1) is 23.8. The summed E-state index contributed by atoms with van der Waals surface area (Å²) in [6.07, 6.45) is -0.845. The minimum Gasteiger partial charge on any atom is -0.360 e. The summed E-state index contributed by atoms with van der Waals surface area (Å²) in [4.78, 5) is 23.4. The molecule has 3 rings (SSSR count). The Morgan fingerprint density at radius 3 is 2.50 bits per heavy atom. The molecule has 172 valence electrons. The van der Waals surface area contributed by atoms with E-state index < -0.39 is 44.6 Å². The largest absolute Gasteiger partial charge is 0.360 e. The molecule has 1 atom stereocenters. The molecule has 0 radical (unpaired) electrons. The average Bonchev–Trinajstić information content (AvgIpc) is 2.78. The Morgan fingerprint density at radius 2 is 1.78 bits per heavy atom. The number of rotatable bonds is 6. The molecular weight excluding hydrogens is 444 g/mol. The lowest BCUT2D eigenvalue weighted by Crippen LogP contribution is -2.53. The lowest BCUT2D eigenvalue weighted by atomic mass is 10.1. The normalized spacial score (nSPS) is 17.0. The van der Waals surface area contributed by atoms with E-state index in [1.165, 1.54) is 0 Å². The first-order chi connectivity index (χ1) is 15.2.